The lowest BCUT2D eigenvalue weighted by Gasteiger charge is -2.17. The average molecular weight is 431 g/mol. The molecular weight excluding hydrogens is 411 g/mol. The van der Waals surface area contributed by atoms with E-state index in [0.717, 1.165) is 12.1 Å². The van der Waals surface area contributed by atoms with Crippen LogP contribution in [0, 0.1) is 5.82 Å². The van der Waals surface area contributed by atoms with Crippen molar-refractivity contribution < 1.29 is 22.8 Å². The first-order chi connectivity index (χ1) is 14.8. The van der Waals surface area contributed by atoms with Crippen molar-refractivity contribution in [2.24, 2.45) is 0 Å². The molecule has 3 aromatic rings. The highest BCUT2D eigenvalue weighted by atomic mass is 19.3. The van der Waals surface area contributed by atoms with Crippen LogP contribution in [0.1, 0.15) is 25.3 Å². The minimum atomic E-state index is -2.93. The molecule has 0 bridgehead atoms. The predicted octanol–water partition coefficient (Wildman–Crippen LogP) is 2.91. The molecule has 1 aliphatic heterocycles. The number of pyridine rings is 1. The summed E-state index contributed by atoms with van der Waals surface area (Å²) < 4.78 is 41.2. The molecule has 0 radical (unpaired) electrons. The normalized spacial score (nSPS) is 16.3. The fraction of sp³-hybridized carbons (Fsp3) is 0.333. The Labute approximate surface area is 175 Å². The van der Waals surface area contributed by atoms with Crippen molar-refractivity contribution in [1.82, 2.24) is 25.0 Å². The van der Waals surface area contributed by atoms with Crippen molar-refractivity contribution >= 4 is 22.8 Å². The standard InChI is InChI=1S/C21H20F3N5O2/c1-12(30)27-15-4-5-28(10-15)20(31)11-29-19-7-14(8-25-18(19)9-26-29)13-2-3-17(22)16(6-13)21(23)24/h2-3,6-9,15,21H,4-5,10-11H2,1H3,(H,27,30)/t15-/m0/s1. The van der Waals surface area contributed by atoms with Gasteiger partial charge in [-0.15, -0.1) is 0 Å². The van der Waals surface area contributed by atoms with Crippen LogP contribution in [-0.4, -0.2) is 50.6 Å². The Morgan fingerprint density at radius 1 is 1.23 bits per heavy atom. The number of benzene rings is 1. The lowest BCUT2D eigenvalue weighted by molar-refractivity contribution is -0.131. The fourth-order valence-electron chi connectivity index (χ4n) is 3.75. The molecule has 162 valence electrons. The molecule has 2 amide bonds. The van der Waals surface area contributed by atoms with E-state index in [1.807, 2.05) is 0 Å². The Bertz CT molecular complexity index is 1150. The van der Waals surface area contributed by atoms with Gasteiger partial charge in [0.1, 0.15) is 17.9 Å². The number of carbonyl (C=O) groups is 2. The molecule has 0 saturated carbocycles. The van der Waals surface area contributed by atoms with Crippen molar-refractivity contribution in [2.75, 3.05) is 13.1 Å². The Morgan fingerprint density at radius 3 is 2.77 bits per heavy atom. The maximum Gasteiger partial charge on any atom is 0.266 e. The molecule has 1 N–H and O–H groups in total. The first-order valence-electron chi connectivity index (χ1n) is 9.76. The smallest absolute Gasteiger partial charge is 0.266 e. The number of rotatable bonds is 5. The zero-order chi connectivity index (χ0) is 22.1. The Kier molecular flexibility index (Phi) is 5.62. The van der Waals surface area contributed by atoms with E-state index in [0.29, 0.717) is 41.7 Å². The molecule has 0 aliphatic carbocycles. The molecule has 4 rings (SSSR count). The molecule has 31 heavy (non-hydrogen) atoms. The van der Waals surface area contributed by atoms with E-state index in [2.05, 4.69) is 15.4 Å². The largest absolute Gasteiger partial charge is 0.352 e. The summed E-state index contributed by atoms with van der Waals surface area (Å²) >= 11 is 0. The van der Waals surface area contributed by atoms with Crippen LogP contribution in [0.4, 0.5) is 13.2 Å². The SMILES string of the molecule is CC(=O)N[C@H]1CCN(C(=O)Cn2ncc3ncc(-c4ccc(F)c(C(F)F)c4)cc32)C1. The lowest BCUT2D eigenvalue weighted by atomic mass is 10.0. The fourth-order valence-corrected chi connectivity index (χ4v) is 3.75. The van der Waals surface area contributed by atoms with Crippen LogP contribution >= 0.6 is 0 Å². The number of fused-ring (bicyclic) bond motifs is 1. The van der Waals surface area contributed by atoms with E-state index >= 15 is 0 Å². The second kappa shape index (κ2) is 8.37. The van der Waals surface area contributed by atoms with Gasteiger partial charge in [-0.3, -0.25) is 19.3 Å². The Morgan fingerprint density at radius 2 is 2.03 bits per heavy atom. The van der Waals surface area contributed by atoms with Crippen LogP contribution in [0.2, 0.25) is 0 Å². The van der Waals surface area contributed by atoms with Gasteiger partial charge in [0.25, 0.3) is 6.43 Å². The van der Waals surface area contributed by atoms with Gasteiger partial charge in [0.05, 0.1) is 17.3 Å². The van der Waals surface area contributed by atoms with E-state index in [9.17, 15) is 22.8 Å². The number of carbonyl (C=O) groups excluding carboxylic acids is 2. The molecule has 7 nitrogen and oxygen atoms in total. The molecule has 1 atom stereocenters. The summed E-state index contributed by atoms with van der Waals surface area (Å²) in [6.45, 7) is 2.40. The van der Waals surface area contributed by atoms with Crippen LogP contribution in [0.3, 0.4) is 0 Å². The molecule has 1 aromatic carbocycles. The maximum absolute atomic E-state index is 13.6. The third kappa shape index (κ3) is 4.37. The summed E-state index contributed by atoms with van der Waals surface area (Å²) in [7, 11) is 0. The highest BCUT2D eigenvalue weighted by molar-refractivity contribution is 5.83. The summed E-state index contributed by atoms with van der Waals surface area (Å²) in [4.78, 5) is 29.9. The van der Waals surface area contributed by atoms with Crippen molar-refractivity contribution in [3.8, 4) is 11.1 Å². The van der Waals surface area contributed by atoms with E-state index in [1.165, 1.54) is 30.1 Å². The van der Waals surface area contributed by atoms with Crippen molar-refractivity contribution in [3.63, 3.8) is 0 Å². The molecule has 2 aromatic heterocycles. The lowest BCUT2D eigenvalue weighted by Crippen LogP contribution is -2.38. The Balaban J connectivity index is 1.56. The van der Waals surface area contributed by atoms with E-state index in [4.69, 9.17) is 0 Å². The van der Waals surface area contributed by atoms with Crippen LogP contribution < -0.4 is 5.32 Å². The van der Waals surface area contributed by atoms with Gasteiger partial charge in [0.15, 0.2) is 0 Å². The van der Waals surface area contributed by atoms with Crippen LogP contribution in [0.15, 0.2) is 36.7 Å². The van der Waals surface area contributed by atoms with Crippen LogP contribution in [0.25, 0.3) is 22.2 Å². The summed E-state index contributed by atoms with van der Waals surface area (Å²) in [5.74, 6) is -1.25. The summed E-state index contributed by atoms with van der Waals surface area (Å²) in [6, 6.07) is 5.13. The van der Waals surface area contributed by atoms with E-state index < -0.39 is 17.8 Å². The molecule has 0 unspecified atom stereocenters. The first-order valence-corrected chi connectivity index (χ1v) is 9.76. The van der Waals surface area contributed by atoms with Gasteiger partial charge in [-0.25, -0.2) is 13.2 Å². The molecule has 1 fully saturated rings. The quantitative estimate of drug-likeness (QED) is 0.674. The van der Waals surface area contributed by atoms with E-state index in [-0.39, 0.29) is 24.4 Å². The van der Waals surface area contributed by atoms with Gasteiger partial charge < -0.3 is 10.2 Å². The number of hydrogen-bond donors (Lipinski definition) is 1. The number of likely N-dealkylation sites (tertiary alicyclic amines) is 1. The van der Waals surface area contributed by atoms with Gasteiger partial charge >= 0.3 is 0 Å². The second-order valence-corrected chi connectivity index (χ2v) is 7.49. The highest BCUT2D eigenvalue weighted by Crippen LogP contribution is 2.29. The summed E-state index contributed by atoms with van der Waals surface area (Å²) in [5, 5.41) is 7.04. The van der Waals surface area contributed by atoms with Gasteiger partial charge in [0, 0.05) is 37.8 Å². The minimum Gasteiger partial charge on any atom is -0.352 e. The van der Waals surface area contributed by atoms with Crippen molar-refractivity contribution in [3.05, 3.63) is 48.0 Å². The second-order valence-electron chi connectivity index (χ2n) is 7.49. The summed E-state index contributed by atoms with van der Waals surface area (Å²) in [6.07, 6.45) is 0.776. The van der Waals surface area contributed by atoms with Gasteiger partial charge in [0.2, 0.25) is 11.8 Å². The van der Waals surface area contributed by atoms with Crippen LogP contribution in [-0.2, 0) is 16.1 Å². The molecule has 3 heterocycles. The van der Waals surface area contributed by atoms with Crippen LogP contribution in [0.5, 0.6) is 0 Å². The average Bonchev–Trinajstić information content (AvgIpc) is 3.34. The number of alkyl halides is 2. The molecular formula is C21H20F3N5O2. The molecule has 0 spiro atoms. The predicted molar refractivity (Wildman–Crippen MR) is 107 cm³/mol. The van der Waals surface area contributed by atoms with Gasteiger partial charge in [-0.05, 0) is 30.2 Å². The molecule has 10 heteroatoms. The number of hydrogen-bond acceptors (Lipinski definition) is 4. The first kappa shape index (κ1) is 20.8. The molecule has 1 saturated heterocycles. The topological polar surface area (TPSA) is 80.1 Å². The maximum atomic E-state index is 13.6. The van der Waals surface area contributed by atoms with Crippen molar-refractivity contribution in [1.29, 1.82) is 0 Å². The monoisotopic (exact) mass is 431 g/mol. The number of amides is 2. The highest BCUT2D eigenvalue weighted by Gasteiger charge is 2.27. The Hall–Kier alpha value is -3.43. The number of aromatic nitrogens is 3. The van der Waals surface area contributed by atoms with Gasteiger partial charge in [-0.1, -0.05) is 6.07 Å². The zero-order valence-electron chi connectivity index (χ0n) is 16.7. The minimum absolute atomic E-state index is 0.0207. The number of nitrogens with zero attached hydrogens (tertiary/aromatic N) is 4. The zero-order valence-corrected chi connectivity index (χ0v) is 16.7. The van der Waals surface area contributed by atoms with Crippen molar-refractivity contribution in [2.45, 2.75) is 32.4 Å². The number of nitrogens with one attached hydrogen (secondary N) is 1. The third-order valence-electron chi connectivity index (χ3n) is 5.29. The molecule has 1 aliphatic rings. The van der Waals surface area contributed by atoms with E-state index in [1.54, 1.807) is 11.0 Å². The summed E-state index contributed by atoms with van der Waals surface area (Å²) in [5.41, 5.74) is 1.33. The van der Waals surface area contributed by atoms with Gasteiger partial charge in [-0.2, -0.15) is 5.10 Å². The number of halogens is 3. The third-order valence-corrected chi connectivity index (χ3v) is 5.29.